The van der Waals surface area contributed by atoms with Gasteiger partial charge in [-0.2, -0.15) is 0 Å². The molecule has 6 heteroatoms. The Hall–Kier alpha value is -1.69. The van der Waals surface area contributed by atoms with Gasteiger partial charge in [0.2, 0.25) is 5.95 Å². The summed E-state index contributed by atoms with van der Waals surface area (Å²) in [6.07, 6.45) is 3.21. The molecular weight excluding hydrogens is 266 g/mol. The highest BCUT2D eigenvalue weighted by atomic mass is 16.1. The van der Waals surface area contributed by atoms with Crippen molar-refractivity contribution in [2.45, 2.75) is 33.2 Å². The number of anilines is 1. The summed E-state index contributed by atoms with van der Waals surface area (Å²) in [5.41, 5.74) is 0.243. The van der Waals surface area contributed by atoms with Crippen molar-refractivity contribution in [3.8, 4) is 0 Å². The van der Waals surface area contributed by atoms with Crippen molar-refractivity contribution >= 4 is 11.9 Å². The van der Waals surface area contributed by atoms with Crippen LogP contribution in [0.15, 0.2) is 12.4 Å². The van der Waals surface area contributed by atoms with Crippen LogP contribution in [0, 0.1) is 0 Å². The van der Waals surface area contributed by atoms with E-state index in [1.807, 2.05) is 20.8 Å². The molecular formula is C15H25N5O. The minimum Gasteiger partial charge on any atom is -0.347 e. The van der Waals surface area contributed by atoms with Gasteiger partial charge in [0.1, 0.15) is 0 Å². The molecule has 1 aromatic rings. The first kappa shape index (κ1) is 15.7. The highest BCUT2D eigenvalue weighted by Crippen LogP contribution is 2.11. The Morgan fingerprint density at radius 1 is 1.19 bits per heavy atom. The van der Waals surface area contributed by atoms with Crippen LogP contribution >= 0.6 is 0 Å². The topological polar surface area (TPSA) is 61.4 Å². The van der Waals surface area contributed by atoms with Gasteiger partial charge in [-0.3, -0.25) is 4.79 Å². The van der Waals surface area contributed by atoms with Crippen LogP contribution in [-0.4, -0.2) is 59.0 Å². The van der Waals surface area contributed by atoms with E-state index in [0.717, 1.165) is 32.7 Å². The zero-order valence-electron chi connectivity index (χ0n) is 13.4. The summed E-state index contributed by atoms with van der Waals surface area (Å²) in [6.45, 7) is 13.0. The number of rotatable bonds is 3. The molecule has 1 saturated heterocycles. The number of likely N-dealkylation sites (N-methyl/N-ethyl adjacent to an activating group) is 1. The smallest absolute Gasteiger partial charge is 0.254 e. The molecule has 0 unspecified atom stereocenters. The van der Waals surface area contributed by atoms with Gasteiger partial charge in [0, 0.05) is 44.1 Å². The van der Waals surface area contributed by atoms with Crippen LogP contribution in [0.2, 0.25) is 0 Å². The summed E-state index contributed by atoms with van der Waals surface area (Å²) in [5.74, 6) is 0.572. The molecule has 1 aliphatic heterocycles. The average molecular weight is 291 g/mol. The molecule has 1 aromatic heterocycles. The minimum atomic E-state index is -0.258. The number of hydrogen-bond acceptors (Lipinski definition) is 5. The number of aromatic nitrogens is 2. The number of carbonyl (C=O) groups excluding carboxylic acids is 1. The predicted octanol–water partition coefficient (Wildman–Crippen LogP) is 1.15. The molecule has 1 aliphatic rings. The summed E-state index contributed by atoms with van der Waals surface area (Å²) < 4.78 is 0. The lowest BCUT2D eigenvalue weighted by atomic mass is 10.1. The van der Waals surface area contributed by atoms with Gasteiger partial charge in [-0.25, -0.2) is 9.97 Å². The Morgan fingerprint density at radius 3 is 2.24 bits per heavy atom. The number of carbonyl (C=O) groups is 1. The van der Waals surface area contributed by atoms with Crippen molar-refractivity contribution in [1.82, 2.24) is 20.2 Å². The highest BCUT2D eigenvalue weighted by molar-refractivity contribution is 5.94. The number of nitrogens with one attached hydrogen (secondary N) is 1. The van der Waals surface area contributed by atoms with Gasteiger partial charge < -0.3 is 15.1 Å². The molecule has 1 amide bonds. The van der Waals surface area contributed by atoms with Gasteiger partial charge in [0.05, 0.1) is 5.56 Å². The summed E-state index contributed by atoms with van der Waals surface area (Å²) in [5, 5.41) is 2.91. The third kappa shape index (κ3) is 4.39. The molecule has 0 radical (unpaired) electrons. The molecule has 21 heavy (non-hydrogen) atoms. The summed E-state index contributed by atoms with van der Waals surface area (Å²) >= 11 is 0. The fourth-order valence-electron chi connectivity index (χ4n) is 2.28. The highest BCUT2D eigenvalue weighted by Gasteiger charge is 2.19. The number of piperazine rings is 1. The average Bonchev–Trinajstić information content (AvgIpc) is 2.46. The van der Waals surface area contributed by atoms with Crippen molar-refractivity contribution in [2.75, 3.05) is 37.6 Å². The zero-order valence-corrected chi connectivity index (χ0v) is 13.4. The van der Waals surface area contributed by atoms with E-state index in [0.29, 0.717) is 11.5 Å². The maximum absolute atomic E-state index is 12.0. The molecule has 0 atom stereocenters. The van der Waals surface area contributed by atoms with Crippen LogP contribution in [0.1, 0.15) is 38.1 Å². The lowest BCUT2D eigenvalue weighted by Crippen LogP contribution is -2.46. The van der Waals surface area contributed by atoms with E-state index < -0.39 is 0 Å². The van der Waals surface area contributed by atoms with E-state index in [1.54, 1.807) is 12.4 Å². The number of hydrogen-bond donors (Lipinski definition) is 1. The Bertz CT molecular complexity index is 472. The fraction of sp³-hybridized carbons (Fsp3) is 0.667. The van der Waals surface area contributed by atoms with Crippen LogP contribution in [0.5, 0.6) is 0 Å². The summed E-state index contributed by atoms with van der Waals surface area (Å²) in [4.78, 5) is 25.3. The molecule has 0 saturated carbocycles. The van der Waals surface area contributed by atoms with E-state index in [4.69, 9.17) is 0 Å². The maximum atomic E-state index is 12.0. The van der Waals surface area contributed by atoms with E-state index in [9.17, 15) is 4.79 Å². The molecule has 116 valence electrons. The van der Waals surface area contributed by atoms with Gasteiger partial charge in [0.15, 0.2) is 0 Å². The molecule has 6 nitrogen and oxygen atoms in total. The van der Waals surface area contributed by atoms with Crippen LogP contribution in [0.25, 0.3) is 0 Å². The van der Waals surface area contributed by atoms with E-state index >= 15 is 0 Å². The lowest BCUT2D eigenvalue weighted by molar-refractivity contribution is 0.0919. The normalized spacial score (nSPS) is 16.9. The van der Waals surface area contributed by atoms with Gasteiger partial charge in [-0.05, 0) is 27.3 Å². The number of amides is 1. The van der Waals surface area contributed by atoms with Crippen molar-refractivity contribution in [1.29, 1.82) is 0 Å². The molecule has 2 heterocycles. The second-order valence-electron chi connectivity index (χ2n) is 6.40. The Labute approximate surface area is 126 Å². The SMILES string of the molecule is CCN1CCN(c2ncc(C(=O)NC(C)(C)C)cn2)CC1. The molecule has 2 rings (SSSR count). The molecule has 0 aromatic carbocycles. The van der Waals surface area contributed by atoms with Crippen LogP contribution in [0.4, 0.5) is 5.95 Å². The molecule has 0 bridgehead atoms. The third-order valence-electron chi connectivity index (χ3n) is 3.49. The van der Waals surface area contributed by atoms with Crippen molar-refractivity contribution in [2.24, 2.45) is 0 Å². The number of nitrogens with zero attached hydrogens (tertiary/aromatic N) is 4. The fourth-order valence-corrected chi connectivity index (χ4v) is 2.28. The van der Waals surface area contributed by atoms with Crippen LogP contribution in [-0.2, 0) is 0 Å². The van der Waals surface area contributed by atoms with Crippen LogP contribution in [0.3, 0.4) is 0 Å². The summed E-state index contributed by atoms with van der Waals surface area (Å²) in [6, 6.07) is 0. The monoisotopic (exact) mass is 291 g/mol. The van der Waals surface area contributed by atoms with Gasteiger partial charge in [-0.1, -0.05) is 6.92 Å². The Morgan fingerprint density at radius 2 is 1.76 bits per heavy atom. The minimum absolute atomic E-state index is 0.134. The molecule has 1 fully saturated rings. The van der Waals surface area contributed by atoms with Gasteiger partial charge in [-0.15, -0.1) is 0 Å². The van der Waals surface area contributed by atoms with Crippen LogP contribution < -0.4 is 10.2 Å². The second-order valence-corrected chi connectivity index (χ2v) is 6.40. The summed E-state index contributed by atoms with van der Waals surface area (Å²) in [7, 11) is 0. The largest absolute Gasteiger partial charge is 0.347 e. The first-order chi connectivity index (χ1) is 9.89. The van der Waals surface area contributed by atoms with Crippen molar-refractivity contribution in [3.05, 3.63) is 18.0 Å². The third-order valence-corrected chi connectivity index (χ3v) is 3.49. The second kappa shape index (κ2) is 6.39. The lowest BCUT2D eigenvalue weighted by Gasteiger charge is -2.33. The maximum Gasteiger partial charge on any atom is 0.254 e. The quantitative estimate of drug-likeness (QED) is 0.905. The predicted molar refractivity (Wildman–Crippen MR) is 83.6 cm³/mol. The zero-order chi connectivity index (χ0) is 15.5. The first-order valence-electron chi connectivity index (χ1n) is 7.51. The van der Waals surface area contributed by atoms with Gasteiger partial charge >= 0.3 is 0 Å². The standard InChI is InChI=1S/C15H25N5O/c1-5-19-6-8-20(9-7-19)14-16-10-12(11-17-14)13(21)18-15(2,3)4/h10-11H,5-9H2,1-4H3,(H,18,21). The van der Waals surface area contributed by atoms with E-state index in [1.165, 1.54) is 0 Å². The van der Waals surface area contributed by atoms with E-state index in [2.05, 4.69) is 32.0 Å². The Balaban J connectivity index is 1.98. The van der Waals surface area contributed by atoms with E-state index in [-0.39, 0.29) is 11.4 Å². The van der Waals surface area contributed by atoms with Crippen molar-refractivity contribution in [3.63, 3.8) is 0 Å². The first-order valence-corrected chi connectivity index (χ1v) is 7.51. The van der Waals surface area contributed by atoms with Gasteiger partial charge in [0.25, 0.3) is 5.91 Å². The Kier molecular flexibility index (Phi) is 4.77. The van der Waals surface area contributed by atoms with Crippen molar-refractivity contribution < 1.29 is 4.79 Å². The molecule has 0 aliphatic carbocycles. The molecule has 1 N–H and O–H groups in total. The molecule has 0 spiro atoms.